The molecular weight excluding hydrogens is 268 g/mol. The van der Waals surface area contributed by atoms with Crippen LogP contribution in [0.3, 0.4) is 0 Å². The molecule has 0 amide bonds. The van der Waals surface area contributed by atoms with E-state index in [1.165, 1.54) is 33.3 Å². The largest absolute Gasteiger partial charge is 0.287 e. The van der Waals surface area contributed by atoms with Gasteiger partial charge in [0.1, 0.15) is 5.69 Å². The van der Waals surface area contributed by atoms with E-state index in [2.05, 4.69) is 75.7 Å². The van der Waals surface area contributed by atoms with Crippen LogP contribution in [-0.2, 0) is 7.05 Å². The summed E-state index contributed by atoms with van der Waals surface area (Å²) >= 11 is 0. The molecule has 0 aliphatic rings. The molecule has 0 bridgehead atoms. The Morgan fingerprint density at radius 3 is 2.55 bits per heavy atom. The minimum absolute atomic E-state index is 0.468. The van der Waals surface area contributed by atoms with Crippen LogP contribution in [0, 0.1) is 13.8 Å². The third-order valence-corrected chi connectivity index (χ3v) is 4.31. The zero-order chi connectivity index (χ0) is 15.9. The molecule has 0 saturated heterocycles. The fraction of sp³-hybridized carbons (Fsp3) is 0.300. The van der Waals surface area contributed by atoms with Gasteiger partial charge in [-0.2, -0.15) is 0 Å². The fourth-order valence-corrected chi connectivity index (χ4v) is 3.08. The average molecular weight is 291 g/mol. The lowest BCUT2D eigenvalue weighted by Crippen LogP contribution is -2.32. The van der Waals surface area contributed by atoms with Crippen molar-refractivity contribution < 1.29 is 4.57 Å². The zero-order valence-electron chi connectivity index (χ0n) is 14.0. The number of aryl methyl sites for hydroxylation is 3. The normalized spacial score (nSPS) is 11.4. The van der Waals surface area contributed by atoms with Crippen LogP contribution >= 0.6 is 0 Å². The zero-order valence-corrected chi connectivity index (χ0v) is 14.0. The summed E-state index contributed by atoms with van der Waals surface area (Å²) in [5.41, 5.74) is 7.54. The molecule has 2 aromatic carbocycles. The smallest absolute Gasteiger partial charge is 0.232 e. The van der Waals surface area contributed by atoms with Gasteiger partial charge in [0.15, 0.2) is 5.52 Å². The first-order valence-corrected chi connectivity index (χ1v) is 7.84. The summed E-state index contributed by atoms with van der Waals surface area (Å²) in [6.07, 6.45) is 1.94. The Balaban J connectivity index is 2.41. The van der Waals surface area contributed by atoms with Crippen molar-refractivity contribution in [3.8, 4) is 11.3 Å². The van der Waals surface area contributed by atoms with Gasteiger partial charge in [0, 0.05) is 11.1 Å². The summed E-state index contributed by atoms with van der Waals surface area (Å²) in [5, 5.41) is 1.23. The summed E-state index contributed by atoms with van der Waals surface area (Å²) in [4.78, 5) is 4.70. The highest BCUT2D eigenvalue weighted by Gasteiger charge is 2.19. The molecule has 0 fully saturated rings. The molecule has 1 aromatic heterocycles. The van der Waals surface area contributed by atoms with E-state index in [4.69, 9.17) is 4.98 Å². The molecule has 22 heavy (non-hydrogen) atoms. The van der Waals surface area contributed by atoms with Gasteiger partial charge in [-0.05, 0) is 42.4 Å². The van der Waals surface area contributed by atoms with Gasteiger partial charge in [-0.1, -0.05) is 43.7 Å². The summed E-state index contributed by atoms with van der Waals surface area (Å²) in [6.45, 7) is 8.77. The second-order valence-corrected chi connectivity index (χ2v) is 6.42. The van der Waals surface area contributed by atoms with E-state index in [0.29, 0.717) is 5.92 Å². The summed E-state index contributed by atoms with van der Waals surface area (Å²) < 4.78 is 2.13. The average Bonchev–Trinajstić information content (AvgIpc) is 2.49. The van der Waals surface area contributed by atoms with Crippen molar-refractivity contribution in [3.05, 3.63) is 59.4 Å². The molecule has 0 spiro atoms. The molecule has 2 nitrogen and oxygen atoms in total. The molecule has 0 unspecified atom stereocenters. The van der Waals surface area contributed by atoms with Crippen molar-refractivity contribution in [2.75, 3.05) is 0 Å². The minimum Gasteiger partial charge on any atom is -0.232 e. The fourth-order valence-electron chi connectivity index (χ4n) is 3.08. The van der Waals surface area contributed by atoms with E-state index in [-0.39, 0.29) is 0 Å². The molecular formula is C20H23N2+. The highest BCUT2D eigenvalue weighted by molar-refractivity contribution is 5.93. The van der Waals surface area contributed by atoms with Gasteiger partial charge in [-0.15, -0.1) is 0 Å². The van der Waals surface area contributed by atoms with Crippen LogP contribution in [0.1, 0.15) is 36.5 Å². The van der Waals surface area contributed by atoms with Gasteiger partial charge < -0.3 is 0 Å². The molecule has 3 aromatic rings. The first-order valence-electron chi connectivity index (χ1n) is 7.84. The van der Waals surface area contributed by atoms with E-state index in [1.807, 2.05) is 6.33 Å². The lowest BCUT2D eigenvalue weighted by atomic mass is 9.95. The number of para-hydroxylation sites is 1. The highest BCUT2D eigenvalue weighted by Crippen LogP contribution is 2.31. The van der Waals surface area contributed by atoms with E-state index < -0.39 is 0 Å². The van der Waals surface area contributed by atoms with Crippen molar-refractivity contribution >= 4 is 10.9 Å². The van der Waals surface area contributed by atoms with Crippen molar-refractivity contribution in [3.63, 3.8) is 0 Å². The van der Waals surface area contributed by atoms with E-state index in [9.17, 15) is 0 Å². The number of fused-ring (bicyclic) bond motifs is 1. The highest BCUT2D eigenvalue weighted by atomic mass is 15.0. The predicted molar refractivity (Wildman–Crippen MR) is 91.9 cm³/mol. The van der Waals surface area contributed by atoms with Crippen LogP contribution in [0.15, 0.2) is 42.7 Å². The van der Waals surface area contributed by atoms with Crippen LogP contribution in [0.2, 0.25) is 0 Å². The van der Waals surface area contributed by atoms with Crippen LogP contribution in [-0.4, -0.2) is 4.98 Å². The predicted octanol–water partition coefficient (Wildman–Crippen LogP) is 4.47. The lowest BCUT2D eigenvalue weighted by Gasteiger charge is -2.12. The maximum absolute atomic E-state index is 4.70. The number of aromatic nitrogens is 2. The van der Waals surface area contributed by atoms with Crippen molar-refractivity contribution in [1.29, 1.82) is 0 Å². The van der Waals surface area contributed by atoms with Gasteiger partial charge in [-0.25, -0.2) is 4.57 Å². The quantitative estimate of drug-likeness (QED) is 0.637. The molecule has 0 atom stereocenters. The van der Waals surface area contributed by atoms with Gasteiger partial charge in [0.05, 0.1) is 12.4 Å². The van der Waals surface area contributed by atoms with Crippen molar-refractivity contribution in [2.24, 2.45) is 7.05 Å². The second kappa shape index (κ2) is 5.53. The third kappa shape index (κ3) is 2.39. The maximum atomic E-state index is 4.70. The number of hydrogen-bond acceptors (Lipinski definition) is 1. The Labute approximate surface area is 132 Å². The van der Waals surface area contributed by atoms with Crippen LogP contribution in [0.25, 0.3) is 22.2 Å². The first-order chi connectivity index (χ1) is 10.5. The van der Waals surface area contributed by atoms with E-state index in [1.54, 1.807) is 0 Å². The van der Waals surface area contributed by atoms with Crippen LogP contribution < -0.4 is 4.57 Å². The minimum atomic E-state index is 0.468. The lowest BCUT2D eigenvalue weighted by molar-refractivity contribution is -0.662. The van der Waals surface area contributed by atoms with Gasteiger partial charge in [-0.3, -0.25) is 0 Å². The monoisotopic (exact) mass is 291 g/mol. The Hall–Kier alpha value is -2.22. The summed E-state index contributed by atoms with van der Waals surface area (Å²) in [5.74, 6) is 0.468. The van der Waals surface area contributed by atoms with Gasteiger partial charge in [0.2, 0.25) is 0 Å². The molecule has 1 heterocycles. The van der Waals surface area contributed by atoms with Crippen molar-refractivity contribution in [2.45, 2.75) is 33.6 Å². The standard InChI is InChI=1S/C20H23N2/c1-13(2)16-7-6-8-17-19(16)21-12-22(5)20(17)18-11-14(3)9-10-15(18)4/h6-13H,1-5H3/q+1. The molecule has 0 aliphatic carbocycles. The number of benzene rings is 2. The molecule has 0 aliphatic heterocycles. The molecule has 0 radical (unpaired) electrons. The van der Waals surface area contributed by atoms with Gasteiger partial charge in [0.25, 0.3) is 6.33 Å². The molecule has 0 saturated carbocycles. The molecule has 112 valence electrons. The Kier molecular flexibility index (Phi) is 3.69. The van der Waals surface area contributed by atoms with Crippen LogP contribution in [0.4, 0.5) is 0 Å². The molecule has 0 N–H and O–H groups in total. The Morgan fingerprint density at radius 1 is 1.05 bits per heavy atom. The van der Waals surface area contributed by atoms with Crippen LogP contribution in [0.5, 0.6) is 0 Å². The SMILES string of the molecule is Cc1ccc(C)c(-c2c3cccc(C(C)C)c3nc[n+]2C)c1. The number of nitrogens with zero attached hydrogens (tertiary/aromatic N) is 2. The number of hydrogen-bond donors (Lipinski definition) is 0. The summed E-state index contributed by atoms with van der Waals surface area (Å²) in [6, 6.07) is 13.2. The maximum Gasteiger partial charge on any atom is 0.287 e. The topological polar surface area (TPSA) is 16.8 Å². The van der Waals surface area contributed by atoms with Gasteiger partial charge >= 0.3 is 0 Å². The first kappa shape index (κ1) is 14.7. The molecule has 2 heteroatoms. The Morgan fingerprint density at radius 2 is 1.82 bits per heavy atom. The number of rotatable bonds is 2. The Bertz CT molecular complexity index is 848. The van der Waals surface area contributed by atoms with E-state index >= 15 is 0 Å². The molecule has 3 rings (SSSR count). The van der Waals surface area contributed by atoms with Crippen molar-refractivity contribution in [1.82, 2.24) is 4.98 Å². The second-order valence-electron chi connectivity index (χ2n) is 6.42. The van der Waals surface area contributed by atoms with E-state index in [0.717, 1.165) is 5.52 Å². The summed E-state index contributed by atoms with van der Waals surface area (Å²) in [7, 11) is 2.07. The third-order valence-electron chi connectivity index (χ3n) is 4.31.